The molecule has 6 nitrogen and oxygen atoms in total. The molecule has 0 unspecified atom stereocenters. The lowest BCUT2D eigenvalue weighted by atomic mass is 10.0. The van der Waals surface area contributed by atoms with Crippen LogP contribution in [0.1, 0.15) is 33.6 Å². The summed E-state index contributed by atoms with van der Waals surface area (Å²) in [5, 5.41) is 9.36. The van der Waals surface area contributed by atoms with Crippen molar-refractivity contribution < 1.29 is 4.79 Å². The van der Waals surface area contributed by atoms with Gasteiger partial charge in [0.1, 0.15) is 6.04 Å². The van der Waals surface area contributed by atoms with Crippen molar-refractivity contribution in [2.24, 2.45) is 5.92 Å². The number of amides is 1. The van der Waals surface area contributed by atoms with Crippen molar-refractivity contribution >= 4 is 5.91 Å². The Labute approximate surface area is 152 Å². The highest BCUT2D eigenvalue weighted by Gasteiger charge is 2.36. The summed E-state index contributed by atoms with van der Waals surface area (Å²) < 4.78 is 0. The van der Waals surface area contributed by atoms with E-state index in [1.807, 2.05) is 4.90 Å². The molecule has 3 aliphatic heterocycles. The van der Waals surface area contributed by atoms with E-state index in [9.17, 15) is 10.1 Å². The fourth-order valence-corrected chi connectivity index (χ4v) is 4.64. The molecule has 0 spiro atoms. The molecule has 140 valence electrons. The first-order chi connectivity index (χ1) is 12.0. The van der Waals surface area contributed by atoms with Crippen LogP contribution in [0.3, 0.4) is 0 Å². The van der Waals surface area contributed by atoms with Crippen molar-refractivity contribution in [1.29, 1.82) is 5.26 Å². The van der Waals surface area contributed by atoms with Crippen molar-refractivity contribution in [2.45, 2.75) is 51.7 Å². The van der Waals surface area contributed by atoms with Gasteiger partial charge in [-0.25, -0.2) is 0 Å². The molecule has 3 atom stereocenters. The Morgan fingerprint density at radius 3 is 2.52 bits per heavy atom. The Morgan fingerprint density at radius 1 is 1.16 bits per heavy atom. The Hall–Kier alpha value is -1.16. The number of piperazine rings is 2. The molecule has 25 heavy (non-hydrogen) atoms. The minimum absolute atomic E-state index is 0.0345. The molecule has 0 saturated carbocycles. The largest absolute Gasteiger partial charge is 0.339 e. The third kappa shape index (κ3) is 4.16. The molecule has 6 heteroatoms. The number of hydrogen-bond acceptors (Lipinski definition) is 5. The lowest BCUT2D eigenvalue weighted by Gasteiger charge is -2.43. The zero-order valence-electron chi connectivity index (χ0n) is 16.0. The molecule has 3 heterocycles. The topological polar surface area (TPSA) is 53.8 Å². The van der Waals surface area contributed by atoms with E-state index in [1.54, 1.807) is 0 Å². The van der Waals surface area contributed by atoms with Gasteiger partial charge < -0.3 is 4.90 Å². The Kier molecular flexibility index (Phi) is 5.98. The molecule has 3 fully saturated rings. The van der Waals surface area contributed by atoms with Crippen LogP contribution in [0, 0.1) is 17.2 Å². The monoisotopic (exact) mass is 347 g/mol. The number of rotatable bonds is 4. The molecule has 0 N–H and O–H groups in total. The van der Waals surface area contributed by atoms with Crippen molar-refractivity contribution in [3.63, 3.8) is 0 Å². The highest BCUT2D eigenvalue weighted by atomic mass is 16.2. The summed E-state index contributed by atoms with van der Waals surface area (Å²) >= 11 is 0. The van der Waals surface area contributed by atoms with Crippen LogP contribution in [-0.4, -0.2) is 96.0 Å². The molecule has 0 aromatic rings. The van der Waals surface area contributed by atoms with E-state index in [1.165, 1.54) is 19.4 Å². The SMILES string of the molecule is CC(C)[C@H](C#N)N1CCN(C(=O)CN2C[C@@H]3CCCN3C[C@H]2C)CC1. The zero-order valence-corrected chi connectivity index (χ0v) is 16.0. The number of nitriles is 1. The first kappa shape index (κ1) is 18.6. The van der Waals surface area contributed by atoms with E-state index in [-0.39, 0.29) is 11.9 Å². The quantitative estimate of drug-likeness (QED) is 0.755. The van der Waals surface area contributed by atoms with Crippen LogP contribution in [-0.2, 0) is 4.79 Å². The van der Waals surface area contributed by atoms with E-state index in [0.29, 0.717) is 24.5 Å². The maximum Gasteiger partial charge on any atom is 0.236 e. The Balaban J connectivity index is 1.49. The van der Waals surface area contributed by atoms with Crippen LogP contribution >= 0.6 is 0 Å². The maximum atomic E-state index is 12.8. The third-order valence-corrected chi connectivity index (χ3v) is 6.23. The van der Waals surface area contributed by atoms with Crippen LogP contribution in [0.5, 0.6) is 0 Å². The average molecular weight is 348 g/mol. The van der Waals surface area contributed by atoms with Gasteiger partial charge >= 0.3 is 0 Å². The van der Waals surface area contributed by atoms with Gasteiger partial charge in [0.15, 0.2) is 0 Å². The van der Waals surface area contributed by atoms with Gasteiger partial charge in [-0.3, -0.25) is 19.5 Å². The summed E-state index contributed by atoms with van der Waals surface area (Å²) in [5.74, 6) is 0.590. The molecule has 0 aliphatic carbocycles. The Morgan fingerprint density at radius 2 is 1.88 bits per heavy atom. The summed E-state index contributed by atoms with van der Waals surface area (Å²) in [6.45, 7) is 13.5. The predicted molar refractivity (Wildman–Crippen MR) is 98.0 cm³/mol. The summed E-state index contributed by atoms with van der Waals surface area (Å²) in [7, 11) is 0. The lowest BCUT2D eigenvalue weighted by Crippen LogP contribution is -2.59. The minimum Gasteiger partial charge on any atom is -0.339 e. The average Bonchev–Trinajstić information content (AvgIpc) is 3.03. The van der Waals surface area contributed by atoms with E-state index in [4.69, 9.17) is 0 Å². The predicted octanol–water partition coefficient (Wildman–Crippen LogP) is 0.847. The first-order valence-electron chi connectivity index (χ1n) is 9.89. The molecular formula is C19H33N5O. The van der Waals surface area contributed by atoms with Gasteiger partial charge in [-0.15, -0.1) is 0 Å². The standard InChI is InChI=1S/C19H33N5O/c1-15(2)18(11-20)21-7-9-22(10-8-21)19(25)14-24-13-17-5-4-6-23(17)12-16(24)3/h15-18H,4-10,12-14H2,1-3H3/t16-,17+,18+/m1/s1. The maximum absolute atomic E-state index is 12.8. The second-order valence-electron chi connectivity index (χ2n) is 8.30. The third-order valence-electron chi connectivity index (χ3n) is 6.23. The number of carbonyl (C=O) groups is 1. The molecule has 0 bridgehead atoms. The zero-order chi connectivity index (χ0) is 18.0. The lowest BCUT2D eigenvalue weighted by molar-refractivity contribution is -0.136. The van der Waals surface area contributed by atoms with Crippen molar-refractivity contribution in [3.05, 3.63) is 0 Å². The van der Waals surface area contributed by atoms with Crippen LogP contribution < -0.4 is 0 Å². The summed E-state index contributed by atoms with van der Waals surface area (Å²) in [5.41, 5.74) is 0. The first-order valence-corrected chi connectivity index (χ1v) is 9.89. The van der Waals surface area contributed by atoms with E-state index in [0.717, 1.165) is 39.3 Å². The van der Waals surface area contributed by atoms with Crippen LogP contribution in [0.25, 0.3) is 0 Å². The molecule has 0 radical (unpaired) electrons. The fraction of sp³-hybridized carbons (Fsp3) is 0.895. The summed E-state index contributed by atoms with van der Waals surface area (Å²) in [6.07, 6.45) is 2.58. The van der Waals surface area contributed by atoms with Gasteiger partial charge in [-0.1, -0.05) is 13.8 Å². The summed E-state index contributed by atoms with van der Waals surface area (Å²) in [6, 6.07) is 3.50. The van der Waals surface area contributed by atoms with E-state index in [2.05, 4.69) is 41.5 Å². The van der Waals surface area contributed by atoms with E-state index < -0.39 is 0 Å². The number of nitrogens with zero attached hydrogens (tertiary/aromatic N) is 5. The number of carbonyl (C=O) groups excluding carboxylic acids is 1. The molecule has 1 amide bonds. The van der Waals surface area contributed by atoms with Crippen LogP contribution in [0.4, 0.5) is 0 Å². The van der Waals surface area contributed by atoms with Crippen molar-refractivity contribution in [2.75, 3.05) is 52.4 Å². The van der Waals surface area contributed by atoms with E-state index >= 15 is 0 Å². The normalized spacial score (nSPS) is 30.3. The van der Waals surface area contributed by atoms with Gasteiger partial charge in [0, 0.05) is 51.4 Å². The minimum atomic E-state index is -0.0345. The van der Waals surface area contributed by atoms with Gasteiger partial charge in [-0.05, 0) is 32.2 Å². The molecular weight excluding hydrogens is 314 g/mol. The van der Waals surface area contributed by atoms with Crippen LogP contribution in [0.15, 0.2) is 0 Å². The summed E-state index contributed by atoms with van der Waals surface area (Å²) in [4.78, 5) is 22.0. The fourth-order valence-electron chi connectivity index (χ4n) is 4.64. The molecule has 3 rings (SSSR count). The number of hydrogen-bond donors (Lipinski definition) is 0. The van der Waals surface area contributed by atoms with Gasteiger partial charge in [-0.2, -0.15) is 5.26 Å². The smallest absolute Gasteiger partial charge is 0.236 e. The van der Waals surface area contributed by atoms with Gasteiger partial charge in [0.2, 0.25) is 5.91 Å². The highest BCUT2D eigenvalue weighted by Crippen LogP contribution is 2.24. The highest BCUT2D eigenvalue weighted by molar-refractivity contribution is 5.78. The number of fused-ring (bicyclic) bond motifs is 1. The second kappa shape index (κ2) is 8.03. The molecule has 0 aromatic heterocycles. The van der Waals surface area contributed by atoms with Gasteiger partial charge in [0.05, 0.1) is 12.6 Å². The second-order valence-corrected chi connectivity index (χ2v) is 8.30. The molecule has 0 aromatic carbocycles. The van der Waals surface area contributed by atoms with Crippen molar-refractivity contribution in [3.8, 4) is 6.07 Å². The molecule has 3 saturated heterocycles. The van der Waals surface area contributed by atoms with Crippen LogP contribution in [0.2, 0.25) is 0 Å². The van der Waals surface area contributed by atoms with Crippen molar-refractivity contribution in [1.82, 2.24) is 19.6 Å². The molecule has 3 aliphatic rings. The van der Waals surface area contributed by atoms with Gasteiger partial charge in [0.25, 0.3) is 0 Å². The Bertz CT molecular complexity index is 508.